The van der Waals surface area contributed by atoms with E-state index in [4.69, 9.17) is 16.3 Å². The van der Waals surface area contributed by atoms with Crippen LogP contribution < -0.4 is 0 Å². The van der Waals surface area contributed by atoms with Gasteiger partial charge in [0, 0.05) is 15.2 Å². The summed E-state index contributed by atoms with van der Waals surface area (Å²) in [7, 11) is 0. The highest BCUT2D eigenvalue weighted by atomic mass is 127. The minimum absolute atomic E-state index is 0.312. The molecule has 2 nitrogen and oxygen atoms in total. The van der Waals surface area contributed by atoms with E-state index in [9.17, 15) is 5.11 Å². The third-order valence-electron chi connectivity index (χ3n) is 1.80. The van der Waals surface area contributed by atoms with E-state index in [2.05, 4.69) is 22.6 Å². The molecule has 0 spiro atoms. The third kappa shape index (κ3) is 3.38. The summed E-state index contributed by atoms with van der Waals surface area (Å²) in [5.74, 6) is 0. The monoisotopic (exact) mass is 326 g/mol. The lowest BCUT2D eigenvalue weighted by Gasteiger charge is -2.12. The molecule has 0 saturated carbocycles. The SMILES string of the molecule is CCOCC(O)c1cc(Cl)ccc1I. The Bertz CT molecular complexity index is 304. The van der Waals surface area contributed by atoms with Crippen LogP contribution >= 0.6 is 34.2 Å². The zero-order valence-corrected chi connectivity index (χ0v) is 10.7. The van der Waals surface area contributed by atoms with Crippen molar-refractivity contribution in [1.29, 1.82) is 0 Å². The molecule has 1 aromatic carbocycles. The summed E-state index contributed by atoms with van der Waals surface area (Å²) in [6, 6.07) is 5.46. The smallest absolute Gasteiger partial charge is 0.103 e. The van der Waals surface area contributed by atoms with Crippen molar-refractivity contribution >= 4 is 34.2 Å². The summed E-state index contributed by atoms with van der Waals surface area (Å²) in [5, 5.41) is 10.4. The normalized spacial score (nSPS) is 12.9. The third-order valence-corrected chi connectivity index (χ3v) is 3.01. The number of aliphatic hydroxyl groups is 1. The second-order valence-electron chi connectivity index (χ2n) is 2.84. The number of aliphatic hydroxyl groups excluding tert-OH is 1. The Labute approximate surface area is 102 Å². The van der Waals surface area contributed by atoms with Gasteiger partial charge in [-0.15, -0.1) is 0 Å². The summed E-state index contributed by atoms with van der Waals surface area (Å²) in [6.07, 6.45) is -0.597. The quantitative estimate of drug-likeness (QED) is 0.862. The van der Waals surface area contributed by atoms with Crippen LogP contribution in [0.15, 0.2) is 18.2 Å². The molecule has 1 N–H and O–H groups in total. The summed E-state index contributed by atoms with van der Waals surface area (Å²) >= 11 is 8.01. The molecule has 0 radical (unpaired) electrons. The lowest BCUT2D eigenvalue weighted by molar-refractivity contribution is 0.0416. The van der Waals surface area contributed by atoms with Crippen molar-refractivity contribution in [3.05, 3.63) is 32.4 Å². The predicted octanol–water partition coefficient (Wildman–Crippen LogP) is 3.01. The Hall–Kier alpha value is 0.160. The fraction of sp³-hybridized carbons (Fsp3) is 0.400. The van der Waals surface area contributed by atoms with Crippen LogP contribution in [0, 0.1) is 3.57 Å². The van der Waals surface area contributed by atoms with Gasteiger partial charge in [0.1, 0.15) is 6.10 Å². The van der Waals surface area contributed by atoms with Gasteiger partial charge in [0.25, 0.3) is 0 Å². The maximum absolute atomic E-state index is 9.77. The molecular weight excluding hydrogens is 314 g/mol. The van der Waals surface area contributed by atoms with Crippen molar-refractivity contribution in [2.24, 2.45) is 0 Å². The number of ether oxygens (including phenoxy) is 1. The van der Waals surface area contributed by atoms with Gasteiger partial charge in [-0.1, -0.05) is 11.6 Å². The molecule has 0 heterocycles. The van der Waals surface area contributed by atoms with E-state index in [1.165, 1.54) is 0 Å². The van der Waals surface area contributed by atoms with Gasteiger partial charge in [-0.3, -0.25) is 0 Å². The number of hydrogen-bond acceptors (Lipinski definition) is 2. The maximum Gasteiger partial charge on any atom is 0.103 e. The van der Waals surface area contributed by atoms with Crippen LogP contribution in [0.5, 0.6) is 0 Å². The van der Waals surface area contributed by atoms with Crippen molar-refractivity contribution in [3.63, 3.8) is 0 Å². The molecule has 1 rings (SSSR count). The Morgan fingerprint density at radius 2 is 2.29 bits per heavy atom. The molecule has 0 fully saturated rings. The maximum atomic E-state index is 9.77. The van der Waals surface area contributed by atoms with Gasteiger partial charge in [-0.25, -0.2) is 0 Å². The summed E-state index contributed by atoms with van der Waals surface area (Å²) in [5.41, 5.74) is 0.826. The van der Waals surface area contributed by atoms with E-state index in [-0.39, 0.29) is 0 Å². The summed E-state index contributed by atoms with van der Waals surface area (Å²) in [4.78, 5) is 0. The van der Waals surface area contributed by atoms with Crippen molar-refractivity contribution in [3.8, 4) is 0 Å². The van der Waals surface area contributed by atoms with Gasteiger partial charge in [0.2, 0.25) is 0 Å². The first-order valence-corrected chi connectivity index (χ1v) is 5.81. The van der Waals surface area contributed by atoms with Crippen molar-refractivity contribution in [1.82, 2.24) is 0 Å². The van der Waals surface area contributed by atoms with Crippen LogP contribution in [-0.2, 0) is 4.74 Å². The first kappa shape index (κ1) is 12.2. The van der Waals surface area contributed by atoms with Crippen LogP contribution in [-0.4, -0.2) is 18.3 Å². The molecule has 0 aliphatic heterocycles. The molecule has 0 amide bonds. The molecule has 1 aromatic rings. The highest BCUT2D eigenvalue weighted by Crippen LogP contribution is 2.23. The first-order valence-electron chi connectivity index (χ1n) is 4.36. The van der Waals surface area contributed by atoms with Crippen molar-refractivity contribution in [2.75, 3.05) is 13.2 Å². The lowest BCUT2D eigenvalue weighted by Crippen LogP contribution is -2.08. The highest BCUT2D eigenvalue weighted by molar-refractivity contribution is 14.1. The highest BCUT2D eigenvalue weighted by Gasteiger charge is 2.11. The fourth-order valence-electron chi connectivity index (χ4n) is 1.09. The average molecular weight is 327 g/mol. The molecule has 14 heavy (non-hydrogen) atoms. The summed E-state index contributed by atoms with van der Waals surface area (Å²) < 4.78 is 6.15. The van der Waals surface area contributed by atoms with Crippen LogP contribution in [0.25, 0.3) is 0 Å². The molecule has 0 aliphatic rings. The second-order valence-corrected chi connectivity index (χ2v) is 4.44. The molecule has 0 aliphatic carbocycles. The van der Waals surface area contributed by atoms with Crippen LogP contribution in [0.2, 0.25) is 5.02 Å². The topological polar surface area (TPSA) is 29.5 Å². The number of benzene rings is 1. The fourth-order valence-corrected chi connectivity index (χ4v) is 1.96. The molecule has 0 aromatic heterocycles. The molecule has 4 heteroatoms. The molecule has 1 atom stereocenters. The largest absolute Gasteiger partial charge is 0.386 e. The minimum atomic E-state index is -0.597. The Morgan fingerprint density at radius 1 is 1.57 bits per heavy atom. The predicted molar refractivity (Wildman–Crippen MR) is 65.6 cm³/mol. The van der Waals surface area contributed by atoms with Gasteiger partial charge in [-0.2, -0.15) is 0 Å². The van der Waals surface area contributed by atoms with Gasteiger partial charge in [0.05, 0.1) is 6.61 Å². The molecule has 78 valence electrons. The van der Waals surface area contributed by atoms with Crippen molar-refractivity contribution < 1.29 is 9.84 Å². The lowest BCUT2D eigenvalue weighted by atomic mass is 10.1. The van der Waals surface area contributed by atoms with Crippen LogP contribution in [0.3, 0.4) is 0 Å². The number of hydrogen-bond donors (Lipinski definition) is 1. The molecular formula is C10H12ClIO2. The van der Waals surface area contributed by atoms with Crippen molar-refractivity contribution in [2.45, 2.75) is 13.0 Å². The standard InChI is InChI=1S/C10H12ClIO2/c1-2-14-6-10(13)8-5-7(11)3-4-9(8)12/h3-5,10,13H,2,6H2,1H3. The second kappa shape index (κ2) is 5.90. The van der Waals surface area contributed by atoms with E-state index in [0.29, 0.717) is 18.2 Å². The summed E-state index contributed by atoms with van der Waals surface area (Å²) in [6.45, 7) is 2.82. The zero-order valence-electron chi connectivity index (χ0n) is 7.84. The van der Waals surface area contributed by atoms with Crippen LogP contribution in [0.4, 0.5) is 0 Å². The number of rotatable bonds is 4. The van der Waals surface area contributed by atoms with E-state index < -0.39 is 6.10 Å². The Kier molecular flexibility index (Phi) is 5.15. The first-order chi connectivity index (χ1) is 6.65. The van der Waals surface area contributed by atoms with Gasteiger partial charge in [-0.05, 0) is 53.3 Å². The van der Waals surface area contributed by atoms with Crippen LogP contribution in [0.1, 0.15) is 18.6 Å². The average Bonchev–Trinajstić information content (AvgIpc) is 2.18. The van der Waals surface area contributed by atoms with E-state index in [1.807, 2.05) is 13.0 Å². The number of halogens is 2. The minimum Gasteiger partial charge on any atom is -0.386 e. The molecule has 1 unspecified atom stereocenters. The van der Waals surface area contributed by atoms with E-state index >= 15 is 0 Å². The van der Waals surface area contributed by atoms with Gasteiger partial charge >= 0.3 is 0 Å². The molecule has 0 saturated heterocycles. The van der Waals surface area contributed by atoms with Gasteiger partial charge < -0.3 is 9.84 Å². The van der Waals surface area contributed by atoms with Gasteiger partial charge in [0.15, 0.2) is 0 Å². The Morgan fingerprint density at radius 3 is 2.93 bits per heavy atom. The van der Waals surface area contributed by atoms with E-state index in [0.717, 1.165) is 9.13 Å². The zero-order chi connectivity index (χ0) is 10.6. The van der Waals surface area contributed by atoms with E-state index in [1.54, 1.807) is 12.1 Å². The molecule has 0 bridgehead atoms. The Balaban J connectivity index is 2.77.